The summed E-state index contributed by atoms with van der Waals surface area (Å²) in [5, 5.41) is 23.1. The highest BCUT2D eigenvalue weighted by atomic mass is 16.6. The Labute approximate surface area is 99.6 Å². The van der Waals surface area contributed by atoms with Crippen LogP contribution in [0.5, 0.6) is 0 Å². The zero-order valence-electron chi connectivity index (χ0n) is 9.56. The van der Waals surface area contributed by atoms with E-state index in [1.165, 1.54) is 18.9 Å². The predicted molar refractivity (Wildman–Crippen MR) is 64.9 cm³/mol. The molecule has 0 atom stereocenters. The molecule has 0 aliphatic heterocycles. The van der Waals surface area contributed by atoms with Gasteiger partial charge >= 0.3 is 0 Å². The molecule has 1 aliphatic rings. The van der Waals surface area contributed by atoms with E-state index in [-0.39, 0.29) is 12.3 Å². The molecular weight excluding hydrogens is 220 g/mol. The van der Waals surface area contributed by atoms with Gasteiger partial charge in [0.1, 0.15) is 5.69 Å². The van der Waals surface area contributed by atoms with Gasteiger partial charge in [0.25, 0.3) is 5.69 Å². The summed E-state index contributed by atoms with van der Waals surface area (Å²) in [6.07, 6.45) is 4.50. The zero-order valence-corrected chi connectivity index (χ0v) is 9.56. The molecule has 92 valence electrons. The molecule has 1 aromatic carbocycles. The third kappa shape index (κ3) is 2.74. The molecule has 0 radical (unpaired) electrons. The number of nitro benzene ring substituents is 1. The molecule has 0 bridgehead atoms. The first kappa shape index (κ1) is 11.9. The number of hydrogen-bond donors (Lipinski definition) is 2. The fourth-order valence-corrected chi connectivity index (χ4v) is 2.24. The lowest BCUT2D eigenvalue weighted by molar-refractivity contribution is -0.384. The predicted octanol–water partition coefficient (Wildman–Crippen LogP) is 2.44. The Morgan fingerprint density at radius 2 is 2.12 bits per heavy atom. The Morgan fingerprint density at radius 3 is 2.71 bits per heavy atom. The van der Waals surface area contributed by atoms with Crippen LogP contribution in [0.4, 0.5) is 11.4 Å². The first-order valence-corrected chi connectivity index (χ1v) is 5.85. The van der Waals surface area contributed by atoms with Crippen molar-refractivity contribution in [3.05, 3.63) is 33.9 Å². The lowest BCUT2D eigenvalue weighted by Gasteiger charge is -2.13. The Kier molecular flexibility index (Phi) is 3.58. The molecule has 5 nitrogen and oxygen atoms in total. The van der Waals surface area contributed by atoms with Crippen LogP contribution >= 0.6 is 0 Å². The number of aliphatic hydroxyl groups excluding tert-OH is 1. The summed E-state index contributed by atoms with van der Waals surface area (Å²) in [5.41, 5.74) is 1.16. The zero-order chi connectivity index (χ0) is 12.3. The number of nitrogens with one attached hydrogen (secondary N) is 1. The molecular formula is C12H16N2O3. The van der Waals surface area contributed by atoms with Crippen LogP contribution in [0.2, 0.25) is 0 Å². The van der Waals surface area contributed by atoms with Gasteiger partial charge in [-0.15, -0.1) is 0 Å². The third-order valence-corrected chi connectivity index (χ3v) is 3.16. The van der Waals surface area contributed by atoms with Gasteiger partial charge in [-0.3, -0.25) is 10.1 Å². The molecule has 2 rings (SSSR count). The summed E-state index contributed by atoms with van der Waals surface area (Å²) in [6, 6.07) is 5.16. The van der Waals surface area contributed by atoms with Crippen molar-refractivity contribution in [2.75, 3.05) is 5.32 Å². The van der Waals surface area contributed by atoms with Crippen molar-refractivity contribution in [1.29, 1.82) is 0 Å². The smallest absolute Gasteiger partial charge is 0.292 e. The Morgan fingerprint density at radius 1 is 1.41 bits per heavy atom. The maximum atomic E-state index is 10.9. The van der Waals surface area contributed by atoms with Crippen LogP contribution in [0.15, 0.2) is 18.2 Å². The van der Waals surface area contributed by atoms with Crippen molar-refractivity contribution in [3.63, 3.8) is 0 Å². The summed E-state index contributed by atoms with van der Waals surface area (Å²) in [7, 11) is 0. The average Bonchev–Trinajstić information content (AvgIpc) is 2.82. The van der Waals surface area contributed by atoms with E-state index in [1.807, 2.05) is 0 Å². The number of rotatable bonds is 4. The normalized spacial score (nSPS) is 16.1. The standard InChI is InChI=1S/C12H16N2O3/c15-8-9-5-6-11(12(7-9)14(16)17)13-10-3-1-2-4-10/h5-7,10,13,15H,1-4,8H2. The minimum absolute atomic E-state index is 0.0449. The molecule has 17 heavy (non-hydrogen) atoms. The van der Waals surface area contributed by atoms with Crippen molar-refractivity contribution in [2.45, 2.75) is 38.3 Å². The summed E-state index contributed by atoms with van der Waals surface area (Å²) >= 11 is 0. The quantitative estimate of drug-likeness (QED) is 0.622. The van der Waals surface area contributed by atoms with Crippen LogP contribution in [0, 0.1) is 10.1 Å². The van der Waals surface area contributed by atoms with E-state index < -0.39 is 4.92 Å². The van der Waals surface area contributed by atoms with Gasteiger partial charge in [0, 0.05) is 12.1 Å². The van der Waals surface area contributed by atoms with E-state index in [0.29, 0.717) is 17.3 Å². The highest BCUT2D eigenvalue weighted by Crippen LogP contribution is 2.29. The van der Waals surface area contributed by atoms with Crippen LogP contribution < -0.4 is 5.32 Å². The van der Waals surface area contributed by atoms with Crippen molar-refractivity contribution >= 4 is 11.4 Å². The van der Waals surface area contributed by atoms with Crippen LogP contribution in [-0.4, -0.2) is 16.1 Å². The number of anilines is 1. The maximum Gasteiger partial charge on any atom is 0.292 e. The lowest BCUT2D eigenvalue weighted by Crippen LogP contribution is -2.15. The first-order valence-electron chi connectivity index (χ1n) is 5.85. The number of nitro groups is 1. The van der Waals surface area contributed by atoms with E-state index >= 15 is 0 Å². The van der Waals surface area contributed by atoms with Gasteiger partial charge in [-0.1, -0.05) is 18.9 Å². The van der Waals surface area contributed by atoms with Crippen molar-refractivity contribution in [2.24, 2.45) is 0 Å². The molecule has 1 fully saturated rings. The largest absolute Gasteiger partial charge is 0.392 e. The van der Waals surface area contributed by atoms with Gasteiger partial charge in [0.2, 0.25) is 0 Å². The Bertz CT molecular complexity index is 414. The second kappa shape index (κ2) is 5.14. The van der Waals surface area contributed by atoms with E-state index in [0.717, 1.165) is 12.8 Å². The molecule has 0 amide bonds. The molecule has 1 saturated carbocycles. The molecule has 2 N–H and O–H groups in total. The van der Waals surface area contributed by atoms with Crippen LogP contribution in [0.25, 0.3) is 0 Å². The topological polar surface area (TPSA) is 75.4 Å². The third-order valence-electron chi connectivity index (χ3n) is 3.16. The second-order valence-corrected chi connectivity index (χ2v) is 4.39. The number of nitrogens with zero attached hydrogens (tertiary/aromatic N) is 1. The second-order valence-electron chi connectivity index (χ2n) is 4.39. The number of aliphatic hydroxyl groups is 1. The molecule has 5 heteroatoms. The minimum Gasteiger partial charge on any atom is -0.392 e. The van der Waals surface area contributed by atoms with Gasteiger partial charge in [-0.25, -0.2) is 0 Å². The molecule has 1 aromatic rings. The summed E-state index contributed by atoms with van der Waals surface area (Å²) in [6.45, 7) is -0.176. The van der Waals surface area contributed by atoms with Gasteiger partial charge in [-0.2, -0.15) is 0 Å². The van der Waals surface area contributed by atoms with E-state index in [4.69, 9.17) is 5.11 Å². The Balaban J connectivity index is 2.22. The first-order chi connectivity index (χ1) is 8.20. The molecule has 0 saturated heterocycles. The monoisotopic (exact) mass is 236 g/mol. The van der Waals surface area contributed by atoms with Gasteiger partial charge in [0.05, 0.1) is 11.5 Å². The van der Waals surface area contributed by atoms with Crippen LogP contribution in [0.3, 0.4) is 0 Å². The fourth-order valence-electron chi connectivity index (χ4n) is 2.24. The van der Waals surface area contributed by atoms with E-state index in [9.17, 15) is 10.1 Å². The van der Waals surface area contributed by atoms with E-state index in [1.54, 1.807) is 12.1 Å². The van der Waals surface area contributed by atoms with E-state index in [2.05, 4.69) is 5.32 Å². The molecule has 0 aromatic heterocycles. The SMILES string of the molecule is O=[N+]([O-])c1cc(CO)ccc1NC1CCCC1. The summed E-state index contributed by atoms with van der Waals surface area (Å²) in [4.78, 5) is 10.5. The maximum absolute atomic E-state index is 10.9. The summed E-state index contributed by atoms with van der Waals surface area (Å²) in [5.74, 6) is 0. The van der Waals surface area contributed by atoms with Crippen LogP contribution in [0.1, 0.15) is 31.2 Å². The van der Waals surface area contributed by atoms with Gasteiger partial charge < -0.3 is 10.4 Å². The molecule has 0 unspecified atom stereocenters. The van der Waals surface area contributed by atoms with Crippen LogP contribution in [-0.2, 0) is 6.61 Å². The molecule has 0 spiro atoms. The van der Waals surface area contributed by atoms with Crippen molar-refractivity contribution < 1.29 is 10.0 Å². The average molecular weight is 236 g/mol. The minimum atomic E-state index is -0.406. The number of benzene rings is 1. The Hall–Kier alpha value is -1.62. The lowest BCUT2D eigenvalue weighted by atomic mass is 10.1. The number of hydrogen-bond acceptors (Lipinski definition) is 4. The highest BCUT2D eigenvalue weighted by molar-refractivity contribution is 5.63. The van der Waals surface area contributed by atoms with Crippen molar-refractivity contribution in [3.8, 4) is 0 Å². The van der Waals surface area contributed by atoms with Gasteiger partial charge in [0.15, 0.2) is 0 Å². The molecule has 0 heterocycles. The van der Waals surface area contributed by atoms with Gasteiger partial charge in [-0.05, 0) is 24.5 Å². The van der Waals surface area contributed by atoms with Crippen molar-refractivity contribution in [1.82, 2.24) is 0 Å². The highest BCUT2D eigenvalue weighted by Gasteiger charge is 2.20. The fraction of sp³-hybridized carbons (Fsp3) is 0.500. The summed E-state index contributed by atoms with van der Waals surface area (Å²) < 4.78 is 0. The molecule has 1 aliphatic carbocycles.